The number of anilines is 1. The highest BCUT2D eigenvalue weighted by Crippen LogP contribution is 2.21. The van der Waals surface area contributed by atoms with Crippen molar-refractivity contribution < 1.29 is 14.7 Å². The molecule has 1 aromatic carbocycles. The number of rotatable bonds is 4. The van der Waals surface area contributed by atoms with Crippen LogP contribution in [0.1, 0.15) is 38.8 Å². The molecule has 0 spiro atoms. The molecule has 2 aromatic rings. The molecule has 0 aliphatic heterocycles. The number of aryl methyl sites for hydroxylation is 2. The molecule has 1 unspecified atom stereocenters. The summed E-state index contributed by atoms with van der Waals surface area (Å²) < 4.78 is 0. The van der Waals surface area contributed by atoms with E-state index in [0.29, 0.717) is 21.8 Å². The summed E-state index contributed by atoms with van der Waals surface area (Å²) in [6, 6.07) is 6.82. The first-order valence-corrected chi connectivity index (χ1v) is 7.28. The molecule has 5 nitrogen and oxygen atoms in total. The van der Waals surface area contributed by atoms with Gasteiger partial charge in [0.15, 0.2) is 0 Å². The molecule has 1 amide bonds. The van der Waals surface area contributed by atoms with Crippen LogP contribution >= 0.6 is 11.3 Å². The maximum absolute atomic E-state index is 12.1. The van der Waals surface area contributed by atoms with Gasteiger partial charge in [0.1, 0.15) is 4.88 Å². The van der Waals surface area contributed by atoms with E-state index in [2.05, 4.69) is 10.3 Å². The molecule has 1 aromatic heterocycles. The fourth-order valence-corrected chi connectivity index (χ4v) is 2.74. The highest BCUT2D eigenvalue weighted by Gasteiger charge is 2.15. The first-order chi connectivity index (χ1) is 9.88. The average molecular weight is 304 g/mol. The van der Waals surface area contributed by atoms with Gasteiger partial charge >= 0.3 is 5.97 Å². The maximum atomic E-state index is 12.1. The number of benzene rings is 1. The topological polar surface area (TPSA) is 79.3 Å². The van der Waals surface area contributed by atoms with E-state index in [1.54, 1.807) is 38.1 Å². The molecule has 0 radical (unpaired) electrons. The van der Waals surface area contributed by atoms with Gasteiger partial charge in [-0.2, -0.15) is 0 Å². The summed E-state index contributed by atoms with van der Waals surface area (Å²) in [5.74, 6) is -1.64. The van der Waals surface area contributed by atoms with E-state index in [4.69, 9.17) is 5.11 Å². The van der Waals surface area contributed by atoms with Crippen LogP contribution in [0.15, 0.2) is 24.3 Å². The molecule has 0 bridgehead atoms. The Labute approximate surface area is 126 Å². The smallest absolute Gasteiger partial charge is 0.310 e. The molecular weight excluding hydrogens is 288 g/mol. The van der Waals surface area contributed by atoms with Gasteiger partial charge in [0.05, 0.1) is 16.6 Å². The molecule has 2 N–H and O–H groups in total. The molecule has 0 aliphatic carbocycles. The monoisotopic (exact) mass is 304 g/mol. The van der Waals surface area contributed by atoms with Crippen LogP contribution < -0.4 is 5.32 Å². The molecule has 21 heavy (non-hydrogen) atoms. The number of hydrogen-bond donors (Lipinski definition) is 2. The molecule has 110 valence electrons. The highest BCUT2D eigenvalue weighted by atomic mass is 32.1. The number of aromatic nitrogens is 1. The fraction of sp³-hybridized carbons (Fsp3) is 0.267. The lowest BCUT2D eigenvalue weighted by atomic mass is 10.0. The lowest BCUT2D eigenvalue weighted by Crippen LogP contribution is -2.12. The van der Waals surface area contributed by atoms with Crippen LogP contribution in [0.25, 0.3) is 0 Å². The zero-order valence-electron chi connectivity index (χ0n) is 12.0. The number of carbonyl (C=O) groups excluding carboxylic acids is 1. The normalized spacial score (nSPS) is 12.0. The van der Waals surface area contributed by atoms with E-state index in [0.717, 1.165) is 5.01 Å². The Morgan fingerprint density at radius 2 is 1.86 bits per heavy atom. The minimum Gasteiger partial charge on any atom is -0.481 e. The number of nitrogens with one attached hydrogen (secondary N) is 1. The van der Waals surface area contributed by atoms with E-state index in [-0.39, 0.29) is 5.91 Å². The standard InChI is InChI=1S/C15H16N2O3S/c1-8(15(19)20)11-4-6-12(7-5-11)17-14(18)13-9(2)16-10(3)21-13/h4-8H,1-3H3,(H,17,18)(H,19,20). The minimum absolute atomic E-state index is 0.197. The third kappa shape index (κ3) is 3.46. The van der Waals surface area contributed by atoms with E-state index in [1.807, 2.05) is 6.92 Å². The molecule has 0 saturated carbocycles. The van der Waals surface area contributed by atoms with Gasteiger partial charge in [-0.1, -0.05) is 12.1 Å². The molecule has 0 saturated heterocycles. The Kier molecular flexibility index (Phi) is 4.37. The van der Waals surface area contributed by atoms with Crippen LogP contribution in [0.3, 0.4) is 0 Å². The van der Waals surface area contributed by atoms with Crippen molar-refractivity contribution in [2.24, 2.45) is 0 Å². The van der Waals surface area contributed by atoms with Crippen LogP contribution in [0, 0.1) is 13.8 Å². The summed E-state index contributed by atoms with van der Waals surface area (Å²) in [4.78, 5) is 27.9. The molecule has 0 aliphatic rings. The van der Waals surface area contributed by atoms with E-state index >= 15 is 0 Å². The Morgan fingerprint density at radius 3 is 2.33 bits per heavy atom. The second-order valence-corrected chi connectivity index (χ2v) is 5.99. The van der Waals surface area contributed by atoms with Crippen molar-refractivity contribution in [2.45, 2.75) is 26.7 Å². The number of amides is 1. The largest absolute Gasteiger partial charge is 0.481 e. The van der Waals surface area contributed by atoms with Gasteiger partial charge in [0, 0.05) is 5.69 Å². The van der Waals surface area contributed by atoms with Crippen molar-refractivity contribution >= 4 is 28.9 Å². The molecule has 6 heteroatoms. The summed E-state index contributed by atoms with van der Waals surface area (Å²) in [5.41, 5.74) is 2.04. The highest BCUT2D eigenvalue weighted by molar-refractivity contribution is 7.13. The summed E-state index contributed by atoms with van der Waals surface area (Å²) >= 11 is 1.35. The van der Waals surface area contributed by atoms with Crippen LogP contribution in [0.4, 0.5) is 5.69 Å². The summed E-state index contributed by atoms with van der Waals surface area (Å²) in [5, 5.41) is 12.6. The van der Waals surface area contributed by atoms with Crippen molar-refractivity contribution in [1.82, 2.24) is 4.98 Å². The first-order valence-electron chi connectivity index (χ1n) is 6.46. The Balaban J connectivity index is 2.12. The number of carbonyl (C=O) groups is 2. The minimum atomic E-state index is -0.873. The van der Waals surface area contributed by atoms with E-state index in [1.165, 1.54) is 11.3 Å². The third-order valence-electron chi connectivity index (χ3n) is 3.15. The third-order valence-corrected chi connectivity index (χ3v) is 4.22. The quantitative estimate of drug-likeness (QED) is 0.909. The Morgan fingerprint density at radius 1 is 1.24 bits per heavy atom. The van der Waals surface area contributed by atoms with Crippen molar-refractivity contribution in [3.05, 3.63) is 45.4 Å². The van der Waals surface area contributed by atoms with Crippen LogP contribution in [0.5, 0.6) is 0 Å². The number of aliphatic carboxylic acids is 1. The zero-order valence-corrected chi connectivity index (χ0v) is 12.8. The number of nitrogens with zero attached hydrogens (tertiary/aromatic N) is 1. The lowest BCUT2D eigenvalue weighted by Gasteiger charge is -2.08. The average Bonchev–Trinajstić information content (AvgIpc) is 2.77. The van der Waals surface area contributed by atoms with Gasteiger partial charge in [-0.05, 0) is 38.5 Å². The van der Waals surface area contributed by atoms with Gasteiger partial charge in [0.25, 0.3) is 5.91 Å². The van der Waals surface area contributed by atoms with Gasteiger partial charge in [-0.25, -0.2) is 4.98 Å². The maximum Gasteiger partial charge on any atom is 0.310 e. The van der Waals surface area contributed by atoms with Crippen LogP contribution in [-0.4, -0.2) is 22.0 Å². The predicted octanol–water partition coefficient (Wildman–Crippen LogP) is 3.20. The zero-order chi connectivity index (χ0) is 15.6. The lowest BCUT2D eigenvalue weighted by molar-refractivity contribution is -0.138. The number of carboxylic acid groups (broad SMARTS) is 1. The summed E-state index contributed by atoms with van der Waals surface area (Å²) in [6.07, 6.45) is 0. The molecule has 2 rings (SSSR count). The van der Waals surface area contributed by atoms with Crippen molar-refractivity contribution in [2.75, 3.05) is 5.32 Å². The van der Waals surface area contributed by atoms with Gasteiger partial charge < -0.3 is 10.4 Å². The van der Waals surface area contributed by atoms with Gasteiger partial charge in [0.2, 0.25) is 0 Å². The molecule has 0 fully saturated rings. The predicted molar refractivity (Wildman–Crippen MR) is 82.0 cm³/mol. The van der Waals surface area contributed by atoms with E-state index < -0.39 is 11.9 Å². The number of hydrogen-bond acceptors (Lipinski definition) is 4. The van der Waals surface area contributed by atoms with Gasteiger partial charge in [-0.15, -0.1) is 11.3 Å². The van der Waals surface area contributed by atoms with Crippen molar-refractivity contribution in [3.63, 3.8) is 0 Å². The van der Waals surface area contributed by atoms with E-state index in [9.17, 15) is 9.59 Å². The summed E-state index contributed by atoms with van der Waals surface area (Å²) in [7, 11) is 0. The second kappa shape index (κ2) is 6.05. The molecule has 1 atom stereocenters. The SMILES string of the molecule is Cc1nc(C)c(C(=O)Nc2ccc(C(C)C(=O)O)cc2)s1. The Hall–Kier alpha value is -2.21. The van der Waals surface area contributed by atoms with Crippen molar-refractivity contribution in [1.29, 1.82) is 0 Å². The van der Waals surface area contributed by atoms with Gasteiger partial charge in [-0.3, -0.25) is 9.59 Å². The van der Waals surface area contributed by atoms with Crippen molar-refractivity contribution in [3.8, 4) is 0 Å². The Bertz CT molecular complexity index is 677. The number of carboxylic acids is 1. The fourth-order valence-electron chi connectivity index (χ4n) is 1.93. The number of thiazole rings is 1. The molecular formula is C15H16N2O3S. The first kappa shape index (κ1) is 15.2. The molecule has 1 heterocycles. The van der Waals surface area contributed by atoms with Crippen LogP contribution in [-0.2, 0) is 4.79 Å². The van der Waals surface area contributed by atoms with Crippen LogP contribution in [0.2, 0.25) is 0 Å². The summed E-state index contributed by atoms with van der Waals surface area (Å²) in [6.45, 7) is 5.28. The second-order valence-electron chi connectivity index (χ2n) is 4.78.